The van der Waals surface area contributed by atoms with E-state index in [-0.39, 0.29) is 37.2 Å². The largest absolute Gasteiger partial charge is 0.513 e. The Bertz CT molecular complexity index is 359. The Hall–Kier alpha value is -1.52. The fourth-order valence-corrected chi connectivity index (χ4v) is 1.95. The van der Waals surface area contributed by atoms with Crippen molar-refractivity contribution in [3.05, 3.63) is 11.8 Å². The van der Waals surface area contributed by atoms with Crippen molar-refractivity contribution >= 4 is 11.9 Å². The molecule has 1 aliphatic carbocycles. The van der Waals surface area contributed by atoms with Gasteiger partial charge in [0.1, 0.15) is 0 Å². The van der Waals surface area contributed by atoms with Crippen molar-refractivity contribution in [3.63, 3.8) is 0 Å². The molecule has 108 valence electrons. The molecule has 0 aromatic rings. The minimum atomic E-state index is -1.32. The lowest BCUT2D eigenvalue weighted by molar-refractivity contribution is -0.178. The summed E-state index contributed by atoms with van der Waals surface area (Å²) in [7, 11) is 0. The van der Waals surface area contributed by atoms with E-state index in [4.69, 9.17) is 9.47 Å². The number of aliphatic hydroxyl groups is 1. The highest BCUT2D eigenvalue weighted by Gasteiger charge is 2.50. The van der Waals surface area contributed by atoms with Crippen LogP contribution >= 0.6 is 0 Å². The van der Waals surface area contributed by atoms with Crippen LogP contribution in [0, 0.1) is 5.41 Å². The van der Waals surface area contributed by atoms with E-state index >= 15 is 0 Å². The van der Waals surface area contributed by atoms with Crippen molar-refractivity contribution in [2.75, 3.05) is 0 Å². The van der Waals surface area contributed by atoms with Crippen molar-refractivity contribution in [3.8, 4) is 0 Å². The van der Waals surface area contributed by atoms with Gasteiger partial charge in [-0.1, -0.05) is 0 Å². The highest BCUT2D eigenvalue weighted by molar-refractivity contribution is 6.00. The fraction of sp³-hybridized carbons (Fsp3) is 0.714. The van der Waals surface area contributed by atoms with Crippen LogP contribution in [0.4, 0.5) is 0 Å². The van der Waals surface area contributed by atoms with Crippen LogP contribution in [0.15, 0.2) is 11.8 Å². The molecule has 0 atom stereocenters. The Morgan fingerprint density at radius 3 is 1.95 bits per heavy atom. The highest BCUT2D eigenvalue weighted by Crippen LogP contribution is 2.38. The summed E-state index contributed by atoms with van der Waals surface area (Å²) >= 11 is 0. The van der Waals surface area contributed by atoms with Crippen LogP contribution in [0.25, 0.3) is 0 Å². The number of rotatable bonds is 4. The second-order valence-electron chi connectivity index (χ2n) is 5.39. The first-order valence-corrected chi connectivity index (χ1v) is 6.58. The van der Waals surface area contributed by atoms with Crippen molar-refractivity contribution < 1.29 is 24.2 Å². The zero-order valence-electron chi connectivity index (χ0n) is 11.9. The van der Waals surface area contributed by atoms with Crippen LogP contribution in [0.3, 0.4) is 0 Å². The van der Waals surface area contributed by atoms with Crippen molar-refractivity contribution in [2.24, 2.45) is 5.41 Å². The summed E-state index contributed by atoms with van der Waals surface area (Å²) in [6.45, 7) is 6.93. The maximum Gasteiger partial charge on any atom is 0.324 e. The molecule has 5 heteroatoms. The molecular formula is C14H22O5. The molecule has 1 aliphatic rings. The molecule has 5 nitrogen and oxygen atoms in total. The topological polar surface area (TPSA) is 72.8 Å². The SMILES string of the molecule is CC(C)OC(=O)C1(C(=O)OC(C)C)CC=C(O)CC1. The summed E-state index contributed by atoms with van der Waals surface area (Å²) in [5, 5.41) is 9.43. The summed E-state index contributed by atoms with van der Waals surface area (Å²) in [6, 6.07) is 0. The molecule has 0 heterocycles. The maximum absolute atomic E-state index is 12.2. The quantitative estimate of drug-likeness (QED) is 0.627. The van der Waals surface area contributed by atoms with Crippen LogP contribution < -0.4 is 0 Å². The van der Waals surface area contributed by atoms with Crippen molar-refractivity contribution in [1.82, 2.24) is 0 Å². The Balaban J connectivity index is 2.97. The highest BCUT2D eigenvalue weighted by atomic mass is 16.6. The van der Waals surface area contributed by atoms with Crippen LogP contribution in [0.5, 0.6) is 0 Å². The summed E-state index contributed by atoms with van der Waals surface area (Å²) in [4.78, 5) is 24.5. The van der Waals surface area contributed by atoms with E-state index in [0.29, 0.717) is 0 Å². The van der Waals surface area contributed by atoms with Crippen LogP contribution in [-0.2, 0) is 19.1 Å². The molecule has 19 heavy (non-hydrogen) atoms. The molecule has 0 saturated carbocycles. The minimum absolute atomic E-state index is 0.121. The Kier molecular flexibility index (Phi) is 4.97. The number of carbonyl (C=O) groups excluding carboxylic acids is 2. The fourth-order valence-electron chi connectivity index (χ4n) is 1.95. The molecule has 0 unspecified atom stereocenters. The van der Waals surface area contributed by atoms with Crippen LogP contribution in [0.1, 0.15) is 47.0 Å². The molecule has 0 spiro atoms. The maximum atomic E-state index is 12.2. The number of aliphatic hydroxyl groups excluding tert-OH is 1. The second kappa shape index (κ2) is 6.08. The van der Waals surface area contributed by atoms with E-state index < -0.39 is 17.4 Å². The summed E-state index contributed by atoms with van der Waals surface area (Å²) < 4.78 is 10.4. The van der Waals surface area contributed by atoms with E-state index in [0.717, 1.165) is 0 Å². The van der Waals surface area contributed by atoms with Gasteiger partial charge in [0.15, 0.2) is 5.41 Å². The predicted octanol–water partition coefficient (Wildman–Crippen LogP) is 2.50. The number of allylic oxidation sites excluding steroid dienone is 2. The van der Waals surface area contributed by atoms with Crippen LogP contribution in [0.2, 0.25) is 0 Å². The van der Waals surface area contributed by atoms with Gasteiger partial charge >= 0.3 is 11.9 Å². The standard InChI is InChI=1S/C14H22O5/c1-9(2)18-12(16)14(13(17)19-10(3)4)7-5-11(15)6-8-14/h5,9-10,15H,6-8H2,1-4H3. The van der Waals surface area contributed by atoms with Gasteiger partial charge in [-0.3, -0.25) is 9.59 Å². The average Bonchev–Trinajstić information content (AvgIpc) is 2.28. The predicted molar refractivity (Wildman–Crippen MR) is 69.5 cm³/mol. The Labute approximate surface area is 113 Å². The third-order valence-electron chi connectivity index (χ3n) is 2.96. The number of esters is 2. The lowest BCUT2D eigenvalue weighted by Crippen LogP contribution is -2.44. The molecule has 0 fully saturated rings. The van der Waals surface area contributed by atoms with E-state index in [1.807, 2.05) is 0 Å². The first-order valence-electron chi connectivity index (χ1n) is 6.58. The number of carbonyl (C=O) groups is 2. The van der Waals surface area contributed by atoms with Gasteiger partial charge in [-0.2, -0.15) is 0 Å². The molecule has 0 aromatic carbocycles. The third-order valence-corrected chi connectivity index (χ3v) is 2.96. The van der Waals surface area contributed by atoms with E-state index in [9.17, 15) is 14.7 Å². The first-order chi connectivity index (χ1) is 8.78. The van der Waals surface area contributed by atoms with Gasteiger partial charge in [0, 0.05) is 6.42 Å². The number of hydrogen-bond donors (Lipinski definition) is 1. The minimum Gasteiger partial charge on any atom is -0.513 e. The van der Waals surface area contributed by atoms with Crippen LogP contribution in [-0.4, -0.2) is 29.3 Å². The van der Waals surface area contributed by atoms with Gasteiger partial charge in [0.25, 0.3) is 0 Å². The molecule has 0 aliphatic heterocycles. The van der Waals surface area contributed by atoms with E-state index in [1.165, 1.54) is 6.08 Å². The second-order valence-corrected chi connectivity index (χ2v) is 5.39. The zero-order valence-corrected chi connectivity index (χ0v) is 11.9. The van der Waals surface area contributed by atoms with E-state index in [1.54, 1.807) is 27.7 Å². The summed E-state index contributed by atoms with van der Waals surface area (Å²) in [5.74, 6) is -0.945. The first kappa shape index (κ1) is 15.5. The summed E-state index contributed by atoms with van der Waals surface area (Å²) in [6.07, 6.45) is 1.52. The Morgan fingerprint density at radius 2 is 1.63 bits per heavy atom. The molecule has 0 saturated heterocycles. The van der Waals surface area contributed by atoms with Gasteiger partial charge in [0.2, 0.25) is 0 Å². The Morgan fingerprint density at radius 1 is 1.16 bits per heavy atom. The van der Waals surface area contributed by atoms with Gasteiger partial charge in [-0.15, -0.1) is 0 Å². The van der Waals surface area contributed by atoms with Gasteiger partial charge in [-0.25, -0.2) is 0 Å². The lowest BCUT2D eigenvalue weighted by atomic mass is 9.76. The molecule has 0 radical (unpaired) electrons. The number of hydrogen-bond acceptors (Lipinski definition) is 5. The number of ether oxygens (including phenoxy) is 2. The molecule has 1 N–H and O–H groups in total. The normalized spacial score (nSPS) is 18.1. The molecule has 0 bridgehead atoms. The van der Waals surface area contributed by atoms with Gasteiger partial charge in [0.05, 0.1) is 18.0 Å². The molecule has 1 rings (SSSR count). The smallest absolute Gasteiger partial charge is 0.324 e. The van der Waals surface area contributed by atoms with Crippen molar-refractivity contribution in [2.45, 2.75) is 59.2 Å². The monoisotopic (exact) mass is 270 g/mol. The third kappa shape index (κ3) is 3.72. The van der Waals surface area contributed by atoms with Gasteiger partial charge < -0.3 is 14.6 Å². The average molecular weight is 270 g/mol. The van der Waals surface area contributed by atoms with Crippen molar-refractivity contribution in [1.29, 1.82) is 0 Å². The van der Waals surface area contributed by atoms with Gasteiger partial charge in [-0.05, 0) is 46.6 Å². The zero-order chi connectivity index (χ0) is 14.6. The van der Waals surface area contributed by atoms with E-state index in [2.05, 4.69) is 0 Å². The summed E-state index contributed by atoms with van der Waals surface area (Å²) in [5.41, 5.74) is -1.32. The molecule has 0 aromatic heterocycles. The molecule has 0 amide bonds. The lowest BCUT2D eigenvalue weighted by Gasteiger charge is -2.32. The molecular weight excluding hydrogens is 248 g/mol.